The van der Waals surface area contributed by atoms with Gasteiger partial charge in [0.15, 0.2) is 8.32 Å². The topological polar surface area (TPSA) is 38.8 Å². The van der Waals surface area contributed by atoms with Crippen molar-refractivity contribution in [2.24, 2.45) is 5.92 Å². The molecule has 0 aromatic rings. The average Bonchev–Trinajstić information content (AvgIpc) is 2.82. The van der Waals surface area contributed by atoms with Crippen LogP contribution in [0.1, 0.15) is 54.4 Å². The zero-order valence-corrected chi connectivity index (χ0v) is 18.4. The number of rotatable bonds is 6. The van der Waals surface area contributed by atoms with Gasteiger partial charge in [-0.25, -0.2) is 4.79 Å². The lowest BCUT2D eigenvalue weighted by Crippen LogP contribution is -2.48. The Morgan fingerprint density at radius 1 is 1.24 bits per heavy atom. The zero-order valence-electron chi connectivity index (χ0n) is 17.4. The predicted octanol–water partition coefficient (Wildman–Crippen LogP) is 5.72. The number of hydrogen-bond acceptors (Lipinski definition) is 3. The van der Waals surface area contributed by atoms with E-state index in [-0.39, 0.29) is 23.1 Å². The van der Waals surface area contributed by atoms with Crippen molar-refractivity contribution in [2.75, 3.05) is 6.61 Å². The summed E-state index contributed by atoms with van der Waals surface area (Å²) >= 11 is 0. The van der Waals surface area contributed by atoms with Gasteiger partial charge in [0.25, 0.3) is 0 Å². The van der Waals surface area contributed by atoms with E-state index < -0.39 is 13.9 Å². The van der Waals surface area contributed by atoms with Crippen molar-refractivity contribution in [2.45, 2.75) is 84.2 Å². The van der Waals surface area contributed by atoms with Gasteiger partial charge in [0.05, 0.1) is 12.6 Å². The van der Waals surface area contributed by atoms with Crippen LogP contribution in [0.3, 0.4) is 0 Å². The Hall–Kier alpha value is -1.07. The highest BCUT2D eigenvalue weighted by Gasteiger charge is 2.41. The van der Waals surface area contributed by atoms with Crippen LogP contribution >= 0.6 is 0 Å². The van der Waals surface area contributed by atoms with Gasteiger partial charge >= 0.3 is 6.09 Å². The number of nitrogens with zero attached hydrogens (tertiary/aromatic N) is 1. The molecule has 0 bridgehead atoms. The molecule has 0 spiro atoms. The standard InChI is InChI=1S/C20H37NO3Si/c1-10-11-12-16-13-14-21(18(22)24-19(2,3)4)17(16)15-23-25(8,9)20(5,6)7/h10,13-14,16-17H,1,11-12,15H2,2-9H3/t16-,17+/m0/s1. The third-order valence-corrected chi connectivity index (χ3v) is 9.58. The number of ether oxygens (including phenoxy) is 1. The van der Waals surface area contributed by atoms with Gasteiger partial charge < -0.3 is 9.16 Å². The molecule has 0 aliphatic carbocycles. The van der Waals surface area contributed by atoms with E-state index in [1.807, 2.05) is 33.0 Å². The molecule has 0 saturated heterocycles. The van der Waals surface area contributed by atoms with Gasteiger partial charge in [-0.1, -0.05) is 32.9 Å². The van der Waals surface area contributed by atoms with Crippen molar-refractivity contribution in [3.05, 3.63) is 24.9 Å². The maximum atomic E-state index is 12.6. The molecular weight excluding hydrogens is 330 g/mol. The molecule has 4 nitrogen and oxygen atoms in total. The second-order valence-electron chi connectivity index (χ2n) is 9.40. The lowest BCUT2D eigenvalue weighted by atomic mass is 9.97. The van der Waals surface area contributed by atoms with E-state index >= 15 is 0 Å². The molecule has 25 heavy (non-hydrogen) atoms. The second kappa shape index (κ2) is 8.08. The molecule has 1 heterocycles. The van der Waals surface area contributed by atoms with Gasteiger partial charge in [0.2, 0.25) is 0 Å². The van der Waals surface area contributed by atoms with Crippen LogP contribution in [0.15, 0.2) is 24.9 Å². The van der Waals surface area contributed by atoms with Crippen LogP contribution in [0, 0.1) is 5.92 Å². The first-order valence-electron chi connectivity index (χ1n) is 9.23. The molecule has 1 aliphatic heterocycles. The summed E-state index contributed by atoms with van der Waals surface area (Å²) in [5.74, 6) is 0.273. The van der Waals surface area contributed by atoms with Gasteiger partial charge in [-0.2, -0.15) is 0 Å². The van der Waals surface area contributed by atoms with Crippen molar-refractivity contribution in [3.8, 4) is 0 Å². The van der Waals surface area contributed by atoms with Crippen molar-refractivity contribution >= 4 is 14.4 Å². The highest BCUT2D eigenvalue weighted by Crippen LogP contribution is 2.37. The zero-order chi connectivity index (χ0) is 19.5. The van der Waals surface area contributed by atoms with Crippen LogP contribution in [0.2, 0.25) is 18.1 Å². The number of amides is 1. The van der Waals surface area contributed by atoms with E-state index in [0.717, 1.165) is 12.8 Å². The molecule has 1 aliphatic rings. The number of carbonyl (C=O) groups excluding carboxylic acids is 1. The molecule has 0 unspecified atom stereocenters. The fourth-order valence-corrected chi connectivity index (χ4v) is 3.49. The minimum Gasteiger partial charge on any atom is -0.443 e. The molecule has 1 amide bonds. The fraction of sp³-hybridized carbons (Fsp3) is 0.750. The van der Waals surface area contributed by atoms with E-state index in [2.05, 4.69) is 46.5 Å². The summed E-state index contributed by atoms with van der Waals surface area (Å²) < 4.78 is 12.0. The third kappa shape index (κ3) is 6.30. The Bertz CT molecular complexity index is 500. The van der Waals surface area contributed by atoms with Gasteiger partial charge in [0, 0.05) is 12.1 Å². The Morgan fingerprint density at radius 2 is 1.84 bits per heavy atom. The van der Waals surface area contributed by atoms with Crippen LogP contribution < -0.4 is 0 Å². The first-order valence-corrected chi connectivity index (χ1v) is 12.1. The quantitative estimate of drug-likeness (QED) is 0.445. The Balaban J connectivity index is 2.88. The normalized spacial score (nSPS) is 21.5. The largest absolute Gasteiger partial charge is 0.443 e. The smallest absolute Gasteiger partial charge is 0.414 e. The lowest BCUT2D eigenvalue weighted by Gasteiger charge is -2.39. The van der Waals surface area contributed by atoms with Crippen molar-refractivity contribution in [1.29, 1.82) is 0 Å². The van der Waals surface area contributed by atoms with Crippen LogP contribution in [0.4, 0.5) is 4.79 Å². The summed E-state index contributed by atoms with van der Waals surface area (Å²) in [7, 11) is -1.87. The molecule has 0 aromatic heterocycles. The maximum absolute atomic E-state index is 12.6. The molecule has 0 aromatic carbocycles. The summed E-state index contributed by atoms with van der Waals surface area (Å²) in [6, 6.07) is -0.0103. The van der Waals surface area contributed by atoms with Crippen molar-refractivity contribution in [3.63, 3.8) is 0 Å². The summed E-state index contributed by atoms with van der Waals surface area (Å²) in [4.78, 5) is 14.3. The first kappa shape index (κ1) is 22.0. The monoisotopic (exact) mass is 367 g/mol. The molecule has 2 atom stereocenters. The van der Waals surface area contributed by atoms with E-state index in [9.17, 15) is 4.79 Å². The highest BCUT2D eigenvalue weighted by molar-refractivity contribution is 6.74. The first-order chi connectivity index (χ1) is 11.3. The van der Waals surface area contributed by atoms with Gasteiger partial charge in [-0.15, -0.1) is 6.58 Å². The van der Waals surface area contributed by atoms with E-state index in [0.29, 0.717) is 6.61 Å². The lowest BCUT2D eigenvalue weighted by molar-refractivity contribution is 0.0209. The van der Waals surface area contributed by atoms with Crippen molar-refractivity contribution in [1.82, 2.24) is 4.90 Å². The number of allylic oxidation sites excluding steroid dienone is 1. The summed E-state index contributed by atoms with van der Waals surface area (Å²) in [5, 5.41) is 0.145. The summed E-state index contributed by atoms with van der Waals surface area (Å²) in [5.41, 5.74) is -0.505. The van der Waals surface area contributed by atoms with Gasteiger partial charge in [-0.3, -0.25) is 4.90 Å². The minimum atomic E-state index is -1.87. The van der Waals surface area contributed by atoms with E-state index in [1.54, 1.807) is 4.90 Å². The number of carbonyl (C=O) groups is 1. The Kier molecular flexibility index (Phi) is 7.10. The molecule has 0 saturated carbocycles. The highest BCUT2D eigenvalue weighted by atomic mass is 28.4. The fourth-order valence-electron chi connectivity index (χ4n) is 2.47. The Morgan fingerprint density at radius 3 is 2.32 bits per heavy atom. The van der Waals surface area contributed by atoms with E-state index in [1.165, 1.54) is 0 Å². The van der Waals surface area contributed by atoms with Crippen LogP contribution in [0.5, 0.6) is 0 Å². The molecule has 1 rings (SSSR count). The summed E-state index contributed by atoms with van der Waals surface area (Å²) in [6.07, 6.45) is 7.48. The minimum absolute atomic E-state index is 0.0103. The predicted molar refractivity (Wildman–Crippen MR) is 107 cm³/mol. The summed E-state index contributed by atoms with van der Waals surface area (Å²) in [6.45, 7) is 21.2. The third-order valence-electron chi connectivity index (χ3n) is 5.07. The SMILES string of the molecule is C=CCC[C@H]1C=CN(C(=O)OC(C)(C)C)[C@@H]1CO[Si](C)(C)C(C)(C)C. The van der Waals surface area contributed by atoms with Crippen molar-refractivity contribution < 1.29 is 14.0 Å². The van der Waals surface area contributed by atoms with Crippen LogP contribution in [0.25, 0.3) is 0 Å². The molecule has 0 radical (unpaired) electrons. The van der Waals surface area contributed by atoms with Crippen LogP contribution in [-0.2, 0) is 9.16 Å². The van der Waals surface area contributed by atoms with Gasteiger partial charge in [0.1, 0.15) is 5.60 Å². The molecule has 0 fully saturated rings. The second-order valence-corrected chi connectivity index (χ2v) is 14.2. The average molecular weight is 368 g/mol. The van der Waals surface area contributed by atoms with Crippen LogP contribution in [-0.4, -0.2) is 37.6 Å². The molecule has 144 valence electrons. The molecule has 5 heteroatoms. The Labute approximate surface area is 155 Å². The van der Waals surface area contributed by atoms with E-state index in [4.69, 9.17) is 9.16 Å². The molecule has 0 N–H and O–H groups in total. The number of hydrogen-bond donors (Lipinski definition) is 0. The molecular formula is C20H37NO3Si. The van der Waals surface area contributed by atoms with Gasteiger partial charge in [-0.05, 0) is 51.7 Å². The maximum Gasteiger partial charge on any atom is 0.414 e.